The van der Waals surface area contributed by atoms with Crippen LogP contribution in [0.5, 0.6) is 0 Å². The average Bonchev–Trinajstić information content (AvgIpc) is 2.10. The molecule has 0 aliphatic rings. The van der Waals surface area contributed by atoms with Gasteiger partial charge in [0.15, 0.2) is 0 Å². The minimum absolute atomic E-state index is 0.813. The molecule has 0 unspecified atom stereocenters. The van der Waals surface area contributed by atoms with Gasteiger partial charge in [-0.2, -0.15) is 0 Å². The molecule has 3 heteroatoms. The number of unbranched alkanes of at least 4 members (excludes halogenated alkanes) is 3. The molecular formula is C9H21N3. The van der Waals surface area contributed by atoms with E-state index in [0.29, 0.717) is 0 Å². The molecule has 0 radical (unpaired) electrons. The summed E-state index contributed by atoms with van der Waals surface area (Å²) in [5.74, 6) is 6.23. The number of hydrazine groups is 1. The number of nitrogens with zero attached hydrogens (tertiary/aromatic N) is 1. The van der Waals surface area contributed by atoms with Gasteiger partial charge in [0.05, 0.1) is 0 Å². The molecule has 3 nitrogen and oxygen atoms in total. The summed E-state index contributed by atoms with van der Waals surface area (Å²) in [5.41, 5.74) is 2.63. The molecule has 0 spiro atoms. The third-order valence-electron chi connectivity index (χ3n) is 1.78. The fourth-order valence-electron chi connectivity index (χ4n) is 1.11. The Labute approximate surface area is 75.4 Å². The molecule has 0 fully saturated rings. The molecule has 0 heterocycles. The van der Waals surface area contributed by atoms with Crippen molar-refractivity contribution in [3.8, 4) is 0 Å². The predicted molar refractivity (Wildman–Crippen MR) is 54.1 cm³/mol. The maximum absolute atomic E-state index is 5.29. The summed E-state index contributed by atoms with van der Waals surface area (Å²) in [5, 5.41) is 0. The van der Waals surface area contributed by atoms with Crippen LogP contribution in [0.2, 0.25) is 0 Å². The molecule has 0 rings (SSSR count). The van der Waals surface area contributed by atoms with Crippen LogP contribution in [0.4, 0.5) is 0 Å². The largest absolute Gasteiger partial charge is 0.312 e. The van der Waals surface area contributed by atoms with Crippen molar-refractivity contribution in [2.24, 2.45) is 10.8 Å². The SMILES string of the molecule is CCCCCCC(=NCC)NN. The normalized spacial score (nSPS) is 11.8. The van der Waals surface area contributed by atoms with Crippen molar-refractivity contribution in [2.75, 3.05) is 6.54 Å². The minimum Gasteiger partial charge on any atom is -0.312 e. The van der Waals surface area contributed by atoms with Crippen molar-refractivity contribution >= 4 is 5.84 Å². The van der Waals surface area contributed by atoms with Gasteiger partial charge in [0.25, 0.3) is 0 Å². The van der Waals surface area contributed by atoms with Crippen LogP contribution in [0.15, 0.2) is 4.99 Å². The monoisotopic (exact) mass is 171 g/mol. The lowest BCUT2D eigenvalue weighted by Crippen LogP contribution is -2.30. The van der Waals surface area contributed by atoms with Gasteiger partial charge in [-0.15, -0.1) is 0 Å². The molecule has 0 aliphatic heterocycles. The van der Waals surface area contributed by atoms with Gasteiger partial charge in [0.2, 0.25) is 0 Å². The highest BCUT2D eigenvalue weighted by Crippen LogP contribution is 2.02. The smallest absolute Gasteiger partial charge is 0.110 e. The Hall–Kier alpha value is -0.570. The van der Waals surface area contributed by atoms with Gasteiger partial charge in [-0.25, -0.2) is 5.84 Å². The van der Waals surface area contributed by atoms with Crippen LogP contribution >= 0.6 is 0 Å². The first kappa shape index (κ1) is 11.4. The van der Waals surface area contributed by atoms with Gasteiger partial charge in [-0.3, -0.25) is 4.99 Å². The minimum atomic E-state index is 0.813. The van der Waals surface area contributed by atoms with Crippen LogP contribution in [0.1, 0.15) is 46.0 Å². The summed E-state index contributed by atoms with van der Waals surface area (Å²) in [6, 6.07) is 0. The quantitative estimate of drug-likeness (QED) is 0.211. The Morgan fingerprint density at radius 2 is 2.00 bits per heavy atom. The van der Waals surface area contributed by atoms with Gasteiger partial charge < -0.3 is 5.43 Å². The lowest BCUT2D eigenvalue weighted by molar-refractivity contribution is 0.676. The molecular weight excluding hydrogens is 150 g/mol. The first-order valence-corrected chi connectivity index (χ1v) is 4.85. The number of hydrogen-bond donors (Lipinski definition) is 2. The molecule has 0 aliphatic carbocycles. The second-order valence-electron chi connectivity index (χ2n) is 2.88. The Morgan fingerprint density at radius 1 is 1.25 bits per heavy atom. The van der Waals surface area contributed by atoms with E-state index in [1.165, 1.54) is 25.7 Å². The summed E-state index contributed by atoms with van der Waals surface area (Å²) in [6.07, 6.45) is 6.04. The van der Waals surface area contributed by atoms with Gasteiger partial charge in [0, 0.05) is 13.0 Å². The van der Waals surface area contributed by atoms with E-state index in [1.54, 1.807) is 0 Å². The summed E-state index contributed by atoms with van der Waals surface area (Å²) in [6.45, 7) is 5.04. The summed E-state index contributed by atoms with van der Waals surface area (Å²) in [4.78, 5) is 4.22. The van der Waals surface area contributed by atoms with Crippen LogP contribution in [0, 0.1) is 0 Å². The van der Waals surface area contributed by atoms with Gasteiger partial charge >= 0.3 is 0 Å². The zero-order valence-electron chi connectivity index (χ0n) is 8.27. The van der Waals surface area contributed by atoms with Crippen LogP contribution in [0.3, 0.4) is 0 Å². The van der Waals surface area contributed by atoms with Crippen molar-refractivity contribution in [1.29, 1.82) is 0 Å². The third-order valence-corrected chi connectivity index (χ3v) is 1.78. The molecule has 0 aromatic heterocycles. The molecule has 0 aromatic rings. The molecule has 72 valence electrons. The first-order chi connectivity index (χ1) is 5.85. The molecule has 0 bridgehead atoms. The highest BCUT2D eigenvalue weighted by Gasteiger charge is 1.94. The molecule has 0 saturated heterocycles. The van der Waals surface area contributed by atoms with E-state index in [-0.39, 0.29) is 0 Å². The standard InChI is InChI=1S/C9H21N3/c1-3-5-6-7-8-9(12-10)11-4-2/h3-8,10H2,1-2H3,(H,11,12). The fraction of sp³-hybridized carbons (Fsp3) is 0.889. The average molecular weight is 171 g/mol. The van der Waals surface area contributed by atoms with Crippen molar-refractivity contribution in [3.05, 3.63) is 0 Å². The number of aliphatic imine (C=N–C) groups is 1. The number of nitrogens with two attached hydrogens (primary N) is 1. The zero-order valence-corrected chi connectivity index (χ0v) is 8.27. The third kappa shape index (κ3) is 6.16. The molecule has 0 amide bonds. The molecule has 3 N–H and O–H groups in total. The van der Waals surface area contributed by atoms with E-state index < -0.39 is 0 Å². The number of nitrogens with one attached hydrogen (secondary N) is 1. The van der Waals surface area contributed by atoms with Gasteiger partial charge in [0.1, 0.15) is 5.84 Å². The van der Waals surface area contributed by atoms with Crippen molar-refractivity contribution in [2.45, 2.75) is 46.0 Å². The second kappa shape index (κ2) is 8.53. The highest BCUT2D eigenvalue weighted by atomic mass is 15.2. The molecule has 0 aromatic carbocycles. The maximum atomic E-state index is 5.29. The fourth-order valence-corrected chi connectivity index (χ4v) is 1.11. The topological polar surface area (TPSA) is 50.4 Å². The molecule has 0 saturated carbocycles. The van der Waals surface area contributed by atoms with E-state index in [4.69, 9.17) is 5.84 Å². The van der Waals surface area contributed by atoms with Gasteiger partial charge in [-0.1, -0.05) is 26.2 Å². The van der Waals surface area contributed by atoms with Crippen LogP contribution < -0.4 is 11.3 Å². The van der Waals surface area contributed by atoms with E-state index >= 15 is 0 Å². The lowest BCUT2D eigenvalue weighted by Gasteiger charge is -2.03. The Morgan fingerprint density at radius 3 is 2.50 bits per heavy atom. The highest BCUT2D eigenvalue weighted by molar-refractivity contribution is 5.81. The first-order valence-electron chi connectivity index (χ1n) is 4.85. The Kier molecular flexibility index (Phi) is 8.12. The van der Waals surface area contributed by atoms with Crippen molar-refractivity contribution in [1.82, 2.24) is 5.43 Å². The van der Waals surface area contributed by atoms with Crippen molar-refractivity contribution < 1.29 is 0 Å². The lowest BCUT2D eigenvalue weighted by atomic mass is 10.1. The Bertz CT molecular complexity index is 121. The van der Waals surface area contributed by atoms with Crippen LogP contribution in [0.25, 0.3) is 0 Å². The second-order valence-corrected chi connectivity index (χ2v) is 2.88. The molecule has 0 atom stereocenters. The number of rotatable bonds is 6. The van der Waals surface area contributed by atoms with E-state index in [0.717, 1.165) is 18.8 Å². The van der Waals surface area contributed by atoms with Gasteiger partial charge in [-0.05, 0) is 13.3 Å². The predicted octanol–water partition coefficient (Wildman–Crippen LogP) is 1.84. The maximum Gasteiger partial charge on any atom is 0.110 e. The summed E-state index contributed by atoms with van der Waals surface area (Å²) < 4.78 is 0. The van der Waals surface area contributed by atoms with Crippen molar-refractivity contribution in [3.63, 3.8) is 0 Å². The van der Waals surface area contributed by atoms with E-state index in [1.807, 2.05) is 6.92 Å². The molecule has 12 heavy (non-hydrogen) atoms. The van der Waals surface area contributed by atoms with E-state index in [9.17, 15) is 0 Å². The van der Waals surface area contributed by atoms with E-state index in [2.05, 4.69) is 17.3 Å². The summed E-state index contributed by atoms with van der Waals surface area (Å²) >= 11 is 0. The number of amidine groups is 1. The zero-order chi connectivity index (χ0) is 9.23. The number of hydrogen-bond acceptors (Lipinski definition) is 2. The van der Waals surface area contributed by atoms with Crippen LogP contribution in [-0.2, 0) is 0 Å². The Balaban J connectivity index is 3.38. The summed E-state index contributed by atoms with van der Waals surface area (Å²) in [7, 11) is 0. The van der Waals surface area contributed by atoms with Crippen LogP contribution in [-0.4, -0.2) is 12.4 Å².